The lowest BCUT2D eigenvalue weighted by atomic mass is 9.68. The van der Waals surface area contributed by atoms with E-state index in [2.05, 4.69) is 0 Å². The summed E-state index contributed by atoms with van der Waals surface area (Å²) >= 11 is 0. The van der Waals surface area contributed by atoms with Crippen LogP contribution in [-0.4, -0.2) is 40.4 Å². The van der Waals surface area contributed by atoms with Crippen LogP contribution < -0.4 is 0 Å². The van der Waals surface area contributed by atoms with Crippen LogP contribution in [0.15, 0.2) is 0 Å². The molecule has 1 aliphatic carbocycles. The molecule has 0 spiro atoms. The zero-order chi connectivity index (χ0) is 8.01. The van der Waals surface area contributed by atoms with Crippen molar-refractivity contribution in [1.29, 1.82) is 0 Å². The molecule has 3 atom stereocenters. The maximum Gasteiger partial charge on any atom is 0.407 e. The van der Waals surface area contributed by atoms with Crippen molar-refractivity contribution in [3.8, 4) is 0 Å². The summed E-state index contributed by atoms with van der Waals surface area (Å²) in [5.74, 6) is 0.426. The van der Waals surface area contributed by atoms with E-state index in [1.165, 1.54) is 4.90 Å². The highest BCUT2D eigenvalue weighted by Crippen LogP contribution is 2.39. The first kappa shape index (κ1) is 6.91. The maximum absolute atomic E-state index is 10.5. The van der Waals surface area contributed by atoms with Gasteiger partial charge in [-0.2, -0.15) is 0 Å². The number of amides is 1. The van der Waals surface area contributed by atoms with Gasteiger partial charge in [0, 0.05) is 24.9 Å². The lowest BCUT2D eigenvalue weighted by Crippen LogP contribution is -2.59. The largest absolute Gasteiger partial charge is 0.465 e. The fourth-order valence-electron chi connectivity index (χ4n) is 2.02. The van der Waals surface area contributed by atoms with Gasteiger partial charge in [0.05, 0.1) is 6.10 Å². The Kier molecular flexibility index (Phi) is 1.32. The number of carbonyl (C=O) groups is 1. The van der Waals surface area contributed by atoms with Crippen LogP contribution in [0.3, 0.4) is 0 Å². The molecule has 3 rings (SSSR count). The van der Waals surface area contributed by atoms with Crippen LogP contribution in [0, 0.1) is 11.8 Å². The minimum atomic E-state index is -0.855. The summed E-state index contributed by atoms with van der Waals surface area (Å²) in [4.78, 5) is 11.9. The molecule has 11 heavy (non-hydrogen) atoms. The Morgan fingerprint density at radius 1 is 1.36 bits per heavy atom. The molecule has 0 radical (unpaired) electrons. The number of rotatable bonds is 0. The molecular weight excluding hydrogens is 146 g/mol. The number of aliphatic hydroxyl groups is 1. The average molecular weight is 157 g/mol. The number of nitrogens with zero attached hydrogens (tertiary/aromatic N) is 1. The molecule has 3 fully saturated rings. The first-order valence-corrected chi connectivity index (χ1v) is 3.84. The summed E-state index contributed by atoms with van der Waals surface area (Å²) in [6.07, 6.45) is -0.0810. The molecule has 2 heterocycles. The summed E-state index contributed by atoms with van der Waals surface area (Å²) in [6.45, 7) is 1.04. The average Bonchev–Trinajstić information content (AvgIpc) is 2.03. The Balaban J connectivity index is 1.99. The van der Waals surface area contributed by atoms with Crippen LogP contribution in [0.4, 0.5) is 4.79 Å². The molecule has 2 aliphatic heterocycles. The van der Waals surface area contributed by atoms with Gasteiger partial charge in [0.15, 0.2) is 0 Å². The van der Waals surface area contributed by atoms with E-state index in [4.69, 9.17) is 5.11 Å². The Bertz CT molecular complexity index is 182. The topological polar surface area (TPSA) is 60.8 Å². The number of hydrogen-bond acceptors (Lipinski definition) is 2. The SMILES string of the molecule is O=C(O)N1C[C@H]2C[C@@H](C1)C2O. The lowest BCUT2D eigenvalue weighted by Gasteiger charge is -2.50. The number of fused-ring (bicyclic) bond motifs is 2. The van der Waals surface area contributed by atoms with Gasteiger partial charge in [-0.1, -0.05) is 0 Å². The monoisotopic (exact) mass is 157 g/mol. The van der Waals surface area contributed by atoms with Crippen molar-refractivity contribution in [2.45, 2.75) is 12.5 Å². The molecule has 3 aliphatic rings. The van der Waals surface area contributed by atoms with Crippen LogP contribution in [-0.2, 0) is 0 Å². The van der Waals surface area contributed by atoms with Gasteiger partial charge >= 0.3 is 6.09 Å². The highest BCUT2D eigenvalue weighted by Gasteiger charge is 2.46. The molecule has 62 valence electrons. The second-order valence-corrected chi connectivity index (χ2v) is 3.43. The number of carboxylic acid groups (broad SMARTS) is 1. The van der Waals surface area contributed by atoms with Gasteiger partial charge in [0.25, 0.3) is 0 Å². The molecule has 0 aromatic heterocycles. The van der Waals surface area contributed by atoms with Crippen molar-refractivity contribution in [2.75, 3.05) is 13.1 Å². The number of piperidine rings is 2. The summed E-state index contributed by atoms with van der Waals surface area (Å²) < 4.78 is 0. The predicted molar refractivity (Wildman–Crippen MR) is 37.2 cm³/mol. The van der Waals surface area contributed by atoms with E-state index in [-0.39, 0.29) is 17.9 Å². The smallest absolute Gasteiger partial charge is 0.407 e. The molecule has 0 aromatic rings. The van der Waals surface area contributed by atoms with Crippen LogP contribution in [0.1, 0.15) is 6.42 Å². The third kappa shape index (κ3) is 0.894. The highest BCUT2D eigenvalue weighted by molar-refractivity contribution is 5.65. The molecule has 1 amide bonds. The van der Waals surface area contributed by atoms with E-state index in [9.17, 15) is 9.90 Å². The molecule has 4 nitrogen and oxygen atoms in total. The highest BCUT2D eigenvalue weighted by atomic mass is 16.4. The van der Waals surface area contributed by atoms with Gasteiger partial charge in [-0.3, -0.25) is 0 Å². The quantitative estimate of drug-likeness (QED) is 0.519. The van der Waals surface area contributed by atoms with E-state index in [1.54, 1.807) is 0 Å². The number of aliphatic hydroxyl groups excluding tert-OH is 1. The molecule has 0 aromatic carbocycles. The summed E-state index contributed by atoms with van der Waals surface area (Å²) in [5, 5.41) is 17.9. The molecule has 2 bridgehead atoms. The van der Waals surface area contributed by atoms with Crippen molar-refractivity contribution in [1.82, 2.24) is 4.90 Å². The molecule has 4 heteroatoms. The molecule has 1 saturated carbocycles. The fourth-order valence-corrected chi connectivity index (χ4v) is 2.02. The van der Waals surface area contributed by atoms with Crippen LogP contribution in [0.25, 0.3) is 0 Å². The second-order valence-electron chi connectivity index (χ2n) is 3.43. The Morgan fingerprint density at radius 2 is 1.91 bits per heavy atom. The zero-order valence-corrected chi connectivity index (χ0v) is 6.10. The van der Waals surface area contributed by atoms with E-state index >= 15 is 0 Å². The van der Waals surface area contributed by atoms with Crippen LogP contribution in [0.5, 0.6) is 0 Å². The first-order chi connectivity index (χ1) is 5.18. The van der Waals surface area contributed by atoms with Gasteiger partial charge in [0.2, 0.25) is 0 Å². The van der Waals surface area contributed by atoms with Gasteiger partial charge in [0.1, 0.15) is 0 Å². The van der Waals surface area contributed by atoms with Crippen molar-refractivity contribution in [2.24, 2.45) is 11.8 Å². The van der Waals surface area contributed by atoms with Crippen LogP contribution in [0.2, 0.25) is 0 Å². The molecular formula is C7H11NO3. The predicted octanol–water partition coefficient (Wildman–Crippen LogP) is -0.0230. The lowest BCUT2D eigenvalue weighted by molar-refractivity contribution is -0.0989. The number of hydrogen-bond donors (Lipinski definition) is 2. The first-order valence-electron chi connectivity index (χ1n) is 3.84. The van der Waals surface area contributed by atoms with Gasteiger partial charge in [-0.05, 0) is 6.42 Å². The third-order valence-electron chi connectivity index (χ3n) is 2.75. The summed E-state index contributed by atoms with van der Waals surface area (Å²) in [7, 11) is 0. The normalized spacial score (nSPS) is 41.5. The minimum absolute atomic E-state index is 0.213. The zero-order valence-electron chi connectivity index (χ0n) is 6.10. The van der Waals surface area contributed by atoms with E-state index in [1.807, 2.05) is 0 Å². The van der Waals surface area contributed by atoms with Crippen molar-refractivity contribution < 1.29 is 15.0 Å². The second kappa shape index (κ2) is 2.11. The third-order valence-corrected chi connectivity index (χ3v) is 2.75. The molecule has 2 N–H and O–H groups in total. The van der Waals surface area contributed by atoms with E-state index in [0.29, 0.717) is 13.1 Å². The van der Waals surface area contributed by atoms with Gasteiger partial charge < -0.3 is 15.1 Å². The summed E-state index contributed by atoms with van der Waals surface area (Å²) in [5.41, 5.74) is 0. The van der Waals surface area contributed by atoms with Crippen molar-refractivity contribution in [3.63, 3.8) is 0 Å². The molecule has 2 saturated heterocycles. The van der Waals surface area contributed by atoms with Gasteiger partial charge in [-0.25, -0.2) is 4.79 Å². The van der Waals surface area contributed by atoms with E-state index in [0.717, 1.165) is 6.42 Å². The maximum atomic E-state index is 10.5. The van der Waals surface area contributed by atoms with Crippen molar-refractivity contribution >= 4 is 6.09 Å². The Hall–Kier alpha value is -0.770. The van der Waals surface area contributed by atoms with Crippen LogP contribution >= 0.6 is 0 Å². The summed E-state index contributed by atoms with van der Waals surface area (Å²) in [6, 6.07) is 0. The van der Waals surface area contributed by atoms with E-state index < -0.39 is 6.09 Å². The molecule has 1 unspecified atom stereocenters. The van der Waals surface area contributed by atoms with Crippen molar-refractivity contribution in [3.05, 3.63) is 0 Å². The Morgan fingerprint density at radius 3 is 2.27 bits per heavy atom. The minimum Gasteiger partial charge on any atom is -0.465 e. The fraction of sp³-hybridized carbons (Fsp3) is 0.857. The standard InChI is InChI=1S/C7H11NO3/c9-6-4-1-5(6)3-8(2-4)7(10)11/h4-6,9H,1-3H2,(H,10,11)/t4-,5+,6?. The Labute approximate surface area is 64.4 Å². The van der Waals surface area contributed by atoms with Gasteiger partial charge in [-0.15, -0.1) is 0 Å².